The zero-order valence-electron chi connectivity index (χ0n) is 6.42. The van der Waals surface area contributed by atoms with Crippen molar-refractivity contribution in [2.45, 2.75) is 12.2 Å². The van der Waals surface area contributed by atoms with Crippen molar-refractivity contribution < 1.29 is 15.0 Å². The molecule has 0 aliphatic rings. The molecule has 0 radical (unpaired) electrons. The summed E-state index contributed by atoms with van der Waals surface area (Å²) in [6.45, 7) is 0. The molecular formula is C9H10O3. The van der Waals surface area contributed by atoms with Gasteiger partial charge in [-0.2, -0.15) is 0 Å². The van der Waals surface area contributed by atoms with Gasteiger partial charge in [-0.15, -0.1) is 0 Å². The summed E-state index contributed by atoms with van der Waals surface area (Å²) >= 11 is 0. The van der Waals surface area contributed by atoms with E-state index in [0.29, 0.717) is 11.8 Å². The van der Waals surface area contributed by atoms with E-state index in [0.717, 1.165) is 0 Å². The molecule has 0 heterocycles. The molecule has 0 saturated heterocycles. The van der Waals surface area contributed by atoms with Crippen molar-refractivity contribution in [1.82, 2.24) is 0 Å². The number of aliphatic hydroxyl groups excluding tert-OH is 2. The lowest BCUT2D eigenvalue weighted by molar-refractivity contribution is -0.120. The van der Waals surface area contributed by atoms with Gasteiger partial charge < -0.3 is 15.0 Å². The van der Waals surface area contributed by atoms with Gasteiger partial charge in [0, 0.05) is 0 Å². The summed E-state index contributed by atoms with van der Waals surface area (Å²) in [6, 6.07) is 8.56. The molecule has 0 amide bonds. The second-order valence-electron chi connectivity index (χ2n) is 2.48. The molecule has 2 atom stereocenters. The quantitative estimate of drug-likeness (QED) is 0.634. The van der Waals surface area contributed by atoms with Gasteiger partial charge in [-0.3, -0.25) is 0 Å². The van der Waals surface area contributed by atoms with Gasteiger partial charge in [0.25, 0.3) is 0 Å². The van der Waals surface area contributed by atoms with Crippen molar-refractivity contribution in [2.75, 3.05) is 0 Å². The molecule has 0 aliphatic heterocycles. The number of rotatable bonds is 3. The molecule has 12 heavy (non-hydrogen) atoms. The number of aldehydes is 1. The van der Waals surface area contributed by atoms with E-state index in [4.69, 9.17) is 5.11 Å². The van der Waals surface area contributed by atoms with Crippen molar-refractivity contribution in [3.8, 4) is 0 Å². The van der Waals surface area contributed by atoms with Crippen LogP contribution in [0.1, 0.15) is 11.7 Å². The van der Waals surface area contributed by atoms with Crippen LogP contribution in [0.2, 0.25) is 0 Å². The van der Waals surface area contributed by atoms with E-state index < -0.39 is 12.2 Å². The zero-order valence-corrected chi connectivity index (χ0v) is 6.42. The molecule has 0 bridgehead atoms. The molecule has 0 fully saturated rings. The molecule has 3 nitrogen and oxygen atoms in total. The highest BCUT2D eigenvalue weighted by Crippen LogP contribution is 2.14. The Balaban J connectivity index is 2.78. The Morgan fingerprint density at radius 3 is 2.25 bits per heavy atom. The predicted molar refractivity (Wildman–Crippen MR) is 43.5 cm³/mol. The van der Waals surface area contributed by atoms with E-state index in [-0.39, 0.29) is 0 Å². The molecule has 2 N–H and O–H groups in total. The Hall–Kier alpha value is -1.19. The largest absolute Gasteiger partial charge is 0.385 e. The standard InChI is InChI=1S/C9H10O3/c10-6-8(11)9(12)7-4-2-1-3-5-7/h1-6,8-9,11-12H/t8-,9-/m0/s1. The van der Waals surface area contributed by atoms with Gasteiger partial charge in [-0.05, 0) is 5.56 Å². The van der Waals surface area contributed by atoms with Crippen LogP contribution in [-0.4, -0.2) is 22.6 Å². The maximum absolute atomic E-state index is 10.1. The smallest absolute Gasteiger partial charge is 0.151 e. The SMILES string of the molecule is O=C[C@H](O)[C@@H](O)c1ccccc1. The molecule has 1 rings (SSSR count). The molecule has 0 aromatic heterocycles. The van der Waals surface area contributed by atoms with Gasteiger partial charge in [0.05, 0.1) is 0 Å². The molecule has 0 saturated carbocycles. The Bertz CT molecular complexity index is 245. The Morgan fingerprint density at radius 1 is 1.17 bits per heavy atom. The summed E-state index contributed by atoms with van der Waals surface area (Å²) in [7, 11) is 0. The van der Waals surface area contributed by atoms with Crippen LogP contribution in [0.15, 0.2) is 30.3 Å². The molecule has 64 valence electrons. The van der Waals surface area contributed by atoms with E-state index in [1.54, 1.807) is 30.3 Å². The van der Waals surface area contributed by atoms with Crippen LogP contribution in [0.5, 0.6) is 0 Å². The molecular weight excluding hydrogens is 156 g/mol. The van der Waals surface area contributed by atoms with Crippen LogP contribution in [-0.2, 0) is 4.79 Å². The first-order valence-corrected chi connectivity index (χ1v) is 3.62. The number of carbonyl (C=O) groups excluding carboxylic acids is 1. The van der Waals surface area contributed by atoms with Crippen molar-refractivity contribution in [1.29, 1.82) is 0 Å². The minimum atomic E-state index is -1.34. The van der Waals surface area contributed by atoms with E-state index in [9.17, 15) is 9.90 Å². The second kappa shape index (κ2) is 3.99. The van der Waals surface area contributed by atoms with E-state index in [2.05, 4.69) is 0 Å². The Labute approximate surface area is 70.3 Å². The lowest BCUT2D eigenvalue weighted by Gasteiger charge is -2.11. The van der Waals surface area contributed by atoms with Gasteiger partial charge in [0.15, 0.2) is 6.29 Å². The number of aliphatic hydroxyl groups is 2. The van der Waals surface area contributed by atoms with Crippen molar-refractivity contribution in [2.24, 2.45) is 0 Å². The Kier molecular flexibility index (Phi) is 2.96. The normalized spacial score (nSPS) is 15.2. The lowest BCUT2D eigenvalue weighted by Crippen LogP contribution is -2.19. The third-order valence-electron chi connectivity index (χ3n) is 1.60. The molecule has 0 spiro atoms. The monoisotopic (exact) mass is 166 g/mol. The minimum absolute atomic E-state index is 0.317. The van der Waals surface area contributed by atoms with E-state index >= 15 is 0 Å². The first-order chi connectivity index (χ1) is 5.75. The van der Waals surface area contributed by atoms with Gasteiger partial charge in [0.2, 0.25) is 0 Å². The average Bonchev–Trinajstić information content (AvgIpc) is 2.17. The number of hydrogen-bond donors (Lipinski definition) is 2. The Morgan fingerprint density at radius 2 is 1.75 bits per heavy atom. The van der Waals surface area contributed by atoms with E-state index in [1.807, 2.05) is 0 Å². The van der Waals surface area contributed by atoms with E-state index in [1.165, 1.54) is 0 Å². The van der Waals surface area contributed by atoms with Gasteiger partial charge in [-0.25, -0.2) is 0 Å². The number of benzene rings is 1. The predicted octanol–water partition coefficient (Wildman–Crippen LogP) is 0.280. The number of carbonyl (C=O) groups is 1. The summed E-state index contributed by atoms with van der Waals surface area (Å²) in [5, 5.41) is 18.3. The van der Waals surface area contributed by atoms with Gasteiger partial charge in [-0.1, -0.05) is 30.3 Å². The molecule has 0 unspecified atom stereocenters. The maximum atomic E-state index is 10.1. The molecule has 1 aromatic rings. The summed E-state index contributed by atoms with van der Waals surface area (Å²) in [6.07, 6.45) is -2.14. The third-order valence-corrected chi connectivity index (χ3v) is 1.60. The van der Waals surface area contributed by atoms with Gasteiger partial charge in [0.1, 0.15) is 12.2 Å². The highest BCUT2D eigenvalue weighted by molar-refractivity contribution is 5.57. The van der Waals surface area contributed by atoms with Crippen molar-refractivity contribution in [3.63, 3.8) is 0 Å². The topological polar surface area (TPSA) is 57.5 Å². The lowest BCUT2D eigenvalue weighted by atomic mass is 10.1. The van der Waals surface area contributed by atoms with Crippen molar-refractivity contribution >= 4 is 6.29 Å². The number of hydrogen-bond acceptors (Lipinski definition) is 3. The summed E-state index contributed by atoms with van der Waals surface area (Å²) in [5.41, 5.74) is 0.539. The zero-order chi connectivity index (χ0) is 8.97. The first kappa shape index (κ1) is 8.90. The molecule has 0 aliphatic carbocycles. The van der Waals surface area contributed by atoms with Crippen LogP contribution in [0.3, 0.4) is 0 Å². The summed E-state index contributed by atoms with van der Waals surface area (Å²) in [5.74, 6) is 0. The minimum Gasteiger partial charge on any atom is -0.385 e. The average molecular weight is 166 g/mol. The van der Waals surface area contributed by atoms with Gasteiger partial charge >= 0.3 is 0 Å². The molecule has 1 aromatic carbocycles. The second-order valence-corrected chi connectivity index (χ2v) is 2.48. The summed E-state index contributed by atoms with van der Waals surface area (Å²) < 4.78 is 0. The highest BCUT2D eigenvalue weighted by atomic mass is 16.3. The fourth-order valence-electron chi connectivity index (χ4n) is 0.922. The fourth-order valence-corrected chi connectivity index (χ4v) is 0.922. The highest BCUT2D eigenvalue weighted by Gasteiger charge is 2.16. The first-order valence-electron chi connectivity index (χ1n) is 3.62. The molecule has 3 heteroatoms. The third kappa shape index (κ3) is 1.90. The van der Waals surface area contributed by atoms with Crippen LogP contribution in [0.4, 0.5) is 0 Å². The van der Waals surface area contributed by atoms with Crippen LogP contribution < -0.4 is 0 Å². The summed E-state index contributed by atoms with van der Waals surface area (Å²) in [4.78, 5) is 10.1. The maximum Gasteiger partial charge on any atom is 0.151 e. The van der Waals surface area contributed by atoms with Crippen LogP contribution >= 0.6 is 0 Å². The van der Waals surface area contributed by atoms with Crippen molar-refractivity contribution in [3.05, 3.63) is 35.9 Å². The van der Waals surface area contributed by atoms with Crippen LogP contribution in [0, 0.1) is 0 Å². The van der Waals surface area contributed by atoms with Crippen LogP contribution in [0.25, 0.3) is 0 Å². The fraction of sp³-hybridized carbons (Fsp3) is 0.222.